The molecule has 1 aromatic rings. The highest BCUT2D eigenvalue weighted by molar-refractivity contribution is 7.99. The van der Waals surface area contributed by atoms with Gasteiger partial charge in [0.25, 0.3) is 11.6 Å². The predicted octanol–water partition coefficient (Wildman–Crippen LogP) is 1.60. The summed E-state index contributed by atoms with van der Waals surface area (Å²) >= 11 is 1.72. The van der Waals surface area contributed by atoms with E-state index in [9.17, 15) is 19.3 Å². The van der Waals surface area contributed by atoms with Crippen LogP contribution in [0.2, 0.25) is 0 Å². The summed E-state index contributed by atoms with van der Waals surface area (Å²) < 4.78 is 13.6. The monoisotopic (exact) mass is 314 g/mol. The van der Waals surface area contributed by atoms with Gasteiger partial charge < -0.3 is 10.3 Å². The minimum absolute atomic E-state index is 0.0291. The van der Waals surface area contributed by atoms with Gasteiger partial charge in [-0.1, -0.05) is 0 Å². The Labute approximate surface area is 124 Å². The van der Waals surface area contributed by atoms with Crippen molar-refractivity contribution in [2.45, 2.75) is 12.5 Å². The zero-order chi connectivity index (χ0) is 15.6. The zero-order valence-corrected chi connectivity index (χ0v) is 12.2. The highest BCUT2D eigenvalue weighted by Gasteiger charge is 2.30. The maximum absolute atomic E-state index is 13.6. The summed E-state index contributed by atoms with van der Waals surface area (Å²) in [6.07, 6.45) is 0.837. The van der Waals surface area contributed by atoms with Crippen molar-refractivity contribution in [3.05, 3.63) is 33.6 Å². The Kier molecular flexibility index (Phi) is 4.63. The van der Waals surface area contributed by atoms with Crippen molar-refractivity contribution >= 4 is 29.0 Å². The number of nitro benzene ring substituents is 1. The second-order valence-corrected chi connectivity index (χ2v) is 5.83. The fourth-order valence-corrected chi connectivity index (χ4v) is 3.45. The molecule has 1 aromatic carbocycles. The third-order valence-corrected chi connectivity index (χ3v) is 4.59. The van der Waals surface area contributed by atoms with Crippen molar-refractivity contribution in [2.24, 2.45) is 5.84 Å². The summed E-state index contributed by atoms with van der Waals surface area (Å²) in [6.45, 7) is 0. The van der Waals surface area contributed by atoms with Gasteiger partial charge in [0.2, 0.25) is 0 Å². The van der Waals surface area contributed by atoms with Gasteiger partial charge in [0, 0.05) is 18.8 Å². The number of thioether (sulfide) groups is 1. The Morgan fingerprint density at radius 3 is 2.86 bits per heavy atom. The molecular weight excluding hydrogens is 299 g/mol. The van der Waals surface area contributed by atoms with Gasteiger partial charge in [0.1, 0.15) is 5.56 Å². The molecule has 1 unspecified atom stereocenters. The van der Waals surface area contributed by atoms with E-state index in [4.69, 9.17) is 5.84 Å². The van der Waals surface area contributed by atoms with Crippen LogP contribution in [-0.4, -0.2) is 40.3 Å². The Hall–Kier alpha value is -1.87. The number of anilines is 1. The summed E-state index contributed by atoms with van der Waals surface area (Å²) in [7, 11) is 1.60. The van der Waals surface area contributed by atoms with Crippen molar-refractivity contribution < 1.29 is 14.1 Å². The molecule has 114 valence electrons. The first kappa shape index (κ1) is 15.5. The third kappa shape index (κ3) is 3.08. The van der Waals surface area contributed by atoms with Crippen LogP contribution < -0.4 is 11.3 Å². The summed E-state index contributed by atoms with van der Waals surface area (Å²) in [5.41, 5.74) is 1.20. The first-order valence-electron chi connectivity index (χ1n) is 6.25. The van der Waals surface area contributed by atoms with E-state index in [0.29, 0.717) is 6.07 Å². The standard InChI is InChI=1S/C12H15FN4O3S/c1-16(7-2-3-21-6-7)12(18)8-4-10(15-14)9(13)5-11(8)17(19)20/h4-5,7,15H,2-3,6,14H2,1H3. The molecule has 1 fully saturated rings. The van der Waals surface area contributed by atoms with Gasteiger partial charge in [-0.05, 0) is 18.2 Å². The van der Waals surface area contributed by atoms with Crippen LogP contribution in [-0.2, 0) is 0 Å². The van der Waals surface area contributed by atoms with Gasteiger partial charge in [-0.3, -0.25) is 20.8 Å². The van der Waals surface area contributed by atoms with E-state index in [-0.39, 0.29) is 17.3 Å². The molecular formula is C12H15FN4O3S. The second kappa shape index (κ2) is 6.27. The molecule has 21 heavy (non-hydrogen) atoms. The fraction of sp³-hybridized carbons (Fsp3) is 0.417. The molecule has 7 nitrogen and oxygen atoms in total. The minimum Gasteiger partial charge on any atom is -0.338 e. The number of hydrogen-bond donors (Lipinski definition) is 2. The Balaban J connectivity index is 2.40. The molecule has 1 aliphatic rings. The number of hydrogen-bond acceptors (Lipinski definition) is 6. The van der Waals surface area contributed by atoms with Crippen LogP contribution in [0, 0.1) is 15.9 Å². The summed E-state index contributed by atoms with van der Waals surface area (Å²) in [5, 5.41) is 11.0. The highest BCUT2D eigenvalue weighted by atomic mass is 32.2. The minimum atomic E-state index is -0.875. The van der Waals surface area contributed by atoms with Crippen LogP contribution in [0.25, 0.3) is 0 Å². The molecule has 9 heteroatoms. The summed E-state index contributed by atoms with van der Waals surface area (Å²) in [5.74, 6) is 5.51. The number of nitrogens with zero attached hydrogens (tertiary/aromatic N) is 2. The maximum atomic E-state index is 13.6. The van der Waals surface area contributed by atoms with Crippen LogP contribution in [0.15, 0.2) is 12.1 Å². The van der Waals surface area contributed by atoms with Crippen molar-refractivity contribution in [3.63, 3.8) is 0 Å². The van der Waals surface area contributed by atoms with Crippen molar-refractivity contribution in [2.75, 3.05) is 24.0 Å². The number of nitro groups is 1. The lowest BCUT2D eigenvalue weighted by Crippen LogP contribution is -2.37. The third-order valence-electron chi connectivity index (χ3n) is 3.44. The van der Waals surface area contributed by atoms with E-state index >= 15 is 0 Å². The maximum Gasteiger partial charge on any atom is 0.285 e. The molecule has 0 aliphatic carbocycles. The largest absolute Gasteiger partial charge is 0.338 e. The molecule has 1 amide bonds. The summed E-state index contributed by atoms with van der Waals surface area (Å²) in [4.78, 5) is 24.2. The van der Waals surface area contributed by atoms with Gasteiger partial charge in [-0.2, -0.15) is 11.8 Å². The SMILES string of the molecule is CN(C(=O)c1cc(NN)c(F)cc1[N+](=O)[O-])C1CCSC1. The Bertz CT molecular complexity index is 578. The molecule has 1 atom stereocenters. The van der Waals surface area contributed by atoms with E-state index in [2.05, 4.69) is 5.43 Å². The van der Waals surface area contributed by atoms with Gasteiger partial charge in [0.05, 0.1) is 16.7 Å². The van der Waals surface area contributed by atoms with Gasteiger partial charge in [-0.25, -0.2) is 4.39 Å². The lowest BCUT2D eigenvalue weighted by atomic mass is 10.1. The quantitative estimate of drug-likeness (QED) is 0.497. The molecule has 1 heterocycles. The number of nitrogens with two attached hydrogens (primary N) is 1. The number of halogens is 1. The van der Waals surface area contributed by atoms with Crippen LogP contribution in [0.5, 0.6) is 0 Å². The first-order valence-corrected chi connectivity index (χ1v) is 7.40. The van der Waals surface area contributed by atoms with E-state index in [1.54, 1.807) is 18.8 Å². The number of hydrazine groups is 1. The number of amides is 1. The molecule has 0 saturated carbocycles. The molecule has 1 saturated heterocycles. The van der Waals surface area contributed by atoms with E-state index in [1.807, 2.05) is 0 Å². The number of rotatable bonds is 4. The molecule has 0 bridgehead atoms. The highest BCUT2D eigenvalue weighted by Crippen LogP contribution is 2.29. The van der Waals surface area contributed by atoms with Crippen LogP contribution in [0.1, 0.15) is 16.8 Å². The second-order valence-electron chi connectivity index (χ2n) is 4.68. The number of carbonyl (C=O) groups is 1. The molecule has 0 aromatic heterocycles. The molecule has 2 rings (SSSR count). The van der Waals surface area contributed by atoms with Crippen LogP contribution in [0.4, 0.5) is 15.8 Å². The lowest BCUT2D eigenvalue weighted by Gasteiger charge is -2.24. The fourth-order valence-electron chi connectivity index (χ4n) is 2.18. The molecule has 0 radical (unpaired) electrons. The average Bonchev–Trinajstić information content (AvgIpc) is 2.99. The Morgan fingerprint density at radius 1 is 1.62 bits per heavy atom. The number of nitrogen functional groups attached to an aromatic ring is 1. The smallest absolute Gasteiger partial charge is 0.285 e. The van der Waals surface area contributed by atoms with Gasteiger partial charge in [-0.15, -0.1) is 0 Å². The zero-order valence-electron chi connectivity index (χ0n) is 11.3. The number of nitrogens with one attached hydrogen (secondary N) is 1. The van der Waals surface area contributed by atoms with Crippen molar-refractivity contribution in [1.82, 2.24) is 4.90 Å². The van der Waals surface area contributed by atoms with E-state index in [0.717, 1.165) is 24.0 Å². The van der Waals surface area contributed by atoms with Crippen molar-refractivity contribution in [1.29, 1.82) is 0 Å². The van der Waals surface area contributed by atoms with E-state index in [1.165, 1.54) is 4.90 Å². The normalized spacial score (nSPS) is 17.6. The van der Waals surface area contributed by atoms with Crippen molar-refractivity contribution in [3.8, 4) is 0 Å². The topological polar surface area (TPSA) is 102 Å². The lowest BCUT2D eigenvalue weighted by molar-refractivity contribution is -0.385. The first-order chi connectivity index (χ1) is 9.95. The Morgan fingerprint density at radius 2 is 2.33 bits per heavy atom. The number of benzene rings is 1. The van der Waals surface area contributed by atoms with Crippen LogP contribution in [0.3, 0.4) is 0 Å². The average molecular weight is 314 g/mol. The molecule has 3 N–H and O–H groups in total. The summed E-state index contributed by atoms with van der Waals surface area (Å²) in [6, 6.07) is 1.81. The van der Waals surface area contributed by atoms with Gasteiger partial charge in [0.15, 0.2) is 5.82 Å². The van der Waals surface area contributed by atoms with Crippen LogP contribution >= 0.6 is 11.8 Å². The van der Waals surface area contributed by atoms with E-state index < -0.39 is 22.3 Å². The van der Waals surface area contributed by atoms with Gasteiger partial charge >= 0.3 is 0 Å². The predicted molar refractivity (Wildman–Crippen MR) is 78.7 cm³/mol. The number of carbonyl (C=O) groups excluding carboxylic acids is 1. The molecule has 0 spiro atoms. The molecule has 1 aliphatic heterocycles.